The highest BCUT2D eigenvalue weighted by molar-refractivity contribution is 7.10. The number of rotatable bonds is 6. The van der Waals surface area contributed by atoms with Crippen LogP contribution in [0.1, 0.15) is 125 Å². The van der Waals surface area contributed by atoms with Gasteiger partial charge >= 0.3 is 11.9 Å². The fourth-order valence-corrected chi connectivity index (χ4v) is 7.53. The van der Waals surface area contributed by atoms with Gasteiger partial charge in [-0.25, -0.2) is 19.6 Å². The molecule has 54 heavy (non-hydrogen) atoms. The van der Waals surface area contributed by atoms with Gasteiger partial charge in [-0.3, -0.25) is 19.2 Å². The lowest BCUT2D eigenvalue weighted by atomic mass is 9.98. The van der Waals surface area contributed by atoms with E-state index in [0.717, 1.165) is 0 Å². The van der Waals surface area contributed by atoms with Gasteiger partial charge < -0.3 is 42.2 Å². The molecule has 4 bridgehead atoms. The quantitative estimate of drug-likeness (QED) is 0.229. The third-order valence-electron chi connectivity index (χ3n) is 9.89. The number of aromatic nitrogens is 2. The van der Waals surface area contributed by atoms with E-state index in [-0.39, 0.29) is 35.1 Å². The molecule has 18 heteroatoms. The molecule has 4 amide bonds. The van der Waals surface area contributed by atoms with Crippen molar-refractivity contribution < 1.29 is 49.7 Å². The van der Waals surface area contributed by atoms with Gasteiger partial charge in [0, 0.05) is 10.8 Å². The molecule has 2 aromatic heterocycles. The smallest absolute Gasteiger partial charge is 0.329 e. The Hall–Kier alpha value is -4.00. The second-order valence-corrected chi connectivity index (χ2v) is 16.6. The van der Waals surface area contributed by atoms with E-state index < -0.39 is 84.0 Å². The highest BCUT2D eigenvalue weighted by atomic mass is 32.1. The third kappa shape index (κ3) is 11.0. The first-order chi connectivity index (χ1) is 25.3. The first kappa shape index (κ1) is 44.4. The number of esters is 2. The van der Waals surface area contributed by atoms with Crippen molar-refractivity contribution >= 4 is 58.2 Å². The van der Waals surface area contributed by atoms with Crippen molar-refractivity contribution in [2.75, 3.05) is 0 Å². The summed E-state index contributed by atoms with van der Waals surface area (Å²) in [7, 11) is 0. The fourth-order valence-electron chi connectivity index (χ4n) is 5.49. The van der Waals surface area contributed by atoms with Crippen LogP contribution in [-0.2, 0) is 28.7 Å². The van der Waals surface area contributed by atoms with Crippen molar-refractivity contribution in [2.45, 2.75) is 131 Å². The van der Waals surface area contributed by atoms with Crippen LogP contribution >= 0.6 is 22.7 Å². The maximum atomic E-state index is 13.5. The zero-order valence-corrected chi connectivity index (χ0v) is 34.5. The largest absolute Gasteiger partial charge is 0.454 e. The van der Waals surface area contributed by atoms with Crippen molar-refractivity contribution in [1.82, 2.24) is 31.2 Å². The number of cyclic esters (lactones) is 2. The number of amides is 4. The summed E-state index contributed by atoms with van der Waals surface area (Å²) in [4.78, 5) is 90.0. The van der Waals surface area contributed by atoms with Gasteiger partial charge in [0.25, 0.3) is 23.6 Å². The van der Waals surface area contributed by atoms with E-state index in [1.165, 1.54) is 22.7 Å². The van der Waals surface area contributed by atoms with Gasteiger partial charge in [0.15, 0.2) is 12.2 Å². The molecule has 0 radical (unpaired) electrons. The van der Waals surface area contributed by atoms with Gasteiger partial charge in [-0.15, -0.1) is 22.7 Å². The lowest BCUT2D eigenvalue weighted by Crippen LogP contribution is -2.72. The third-order valence-corrected chi connectivity index (χ3v) is 11.7. The van der Waals surface area contributed by atoms with Crippen LogP contribution in [0.15, 0.2) is 10.8 Å². The molecule has 3 heterocycles. The Balaban J connectivity index is 2.03. The van der Waals surface area contributed by atoms with Crippen LogP contribution in [0.25, 0.3) is 0 Å². The molecule has 0 saturated carbocycles. The van der Waals surface area contributed by atoms with E-state index in [1.54, 1.807) is 38.5 Å². The molecule has 1 aliphatic heterocycles. The monoisotopic (exact) mass is 794 g/mol. The highest BCUT2D eigenvalue weighted by Crippen LogP contribution is 2.27. The molecule has 16 nitrogen and oxygen atoms in total. The molecule has 1 aliphatic rings. The number of hydrogen-bond donors (Lipinski definition) is 6. The van der Waals surface area contributed by atoms with Crippen LogP contribution in [-0.4, -0.2) is 81.9 Å². The second-order valence-electron chi connectivity index (χ2n) is 14.8. The summed E-state index contributed by atoms with van der Waals surface area (Å²) in [5, 5.41) is 15.4. The van der Waals surface area contributed by atoms with Crippen LogP contribution in [0.5, 0.6) is 0 Å². The van der Waals surface area contributed by atoms with E-state index in [4.69, 9.17) is 9.47 Å². The van der Waals surface area contributed by atoms with Gasteiger partial charge in [0.05, 0.1) is 12.1 Å². The van der Waals surface area contributed by atoms with E-state index in [9.17, 15) is 28.8 Å². The molecule has 0 saturated heterocycles. The fraction of sp³-hybridized carbons (Fsp3) is 0.667. The van der Waals surface area contributed by atoms with E-state index >= 15 is 0 Å². The summed E-state index contributed by atoms with van der Waals surface area (Å²) in [6.45, 7) is 18.0. The minimum Gasteiger partial charge on any atom is -0.454 e. The topological polar surface area (TPSA) is 250 Å². The summed E-state index contributed by atoms with van der Waals surface area (Å²) in [5.41, 5.74) is 8.04. The predicted molar refractivity (Wildman–Crippen MR) is 202 cm³/mol. The summed E-state index contributed by atoms with van der Waals surface area (Å²) >= 11 is 2.34. The molecule has 3 rings (SSSR count). The molecule has 0 aromatic carbocycles. The van der Waals surface area contributed by atoms with E-state index in [2.05, 4.69) is 42.7 Å². The van der Waals surface area contributed by atoms with E-state index in [0.29, 0.717) is 22.9 Å². The maximum Gasteiger partial charge on any atom is 0.329 e. The number of nitrogens with zero attached hydrogens (tertiary/aromatic N) is 2. The molecule has 10 unspecified atom stereocenters. The van der Waals surface area contributed by atoms with Crippen LogP contribution in [0.4, 0.5) is 0 Å². The molecule has 300 valence electrons. The number of fused-ring (bicyclic) bond motifs is 4. The Bertz CT molecular complexity index is 1530. The Labute approximate surface area is 324 Å². The molecular formula is C36H58N8O8S2+2. The SMILES string of the molecule is CCC(C)C1NC(=O)c2csc(n2)C(C(C)C)NC(=O)C([NH3+])C(C)OC(=O)C(C(C)CC)NC(=O)c2csc(n2)C(C(C)C)NC(=O)C([NH3+])C(C)OC1=O. The number of hydrogen-bond acceptors (Lipinski definition) is 12. The number of ether oxygens (including phenoxy) is 2. The number of thiazole rings is 2. The molecule has 2 aromatic rings. The number of nitrogens with one attached hydrogen (secondary N) is 4. The van der Waals surface area contributed by atoms with Crippen molar-refractivity contribution in [3.05, 3.63) is 32.2 Å². The molecule has 10 atom stereocenters. The summed E-state index contributed by atoms with van der Waals surface area (Å²) in [6.07, 6.45) is -0.866. The number of carbonyl (C=O) groups is 6. The second kappa shape index (κ2) is 19.5. The standard InChI is InChI=1S/C36H56N8O8S2/c1-11-17(7)27-35(49)51-19(9)23(37)31(47)41-26(16(5)6)34-40-22(14-54-34)30(46)44-28(18(8)12-2)36(50)52-20(10)24(38)32(48)42-25(15(3)4)33-39-21(13-53-33)29(45)43-27/h13-20,23-28H,11-12,37-38H2,1-10H3,(H,41,47)(H,42,48)(H,43,45)(H,44,46)/p+2. The minimum absolute atomic E-state index is 0.0524. The Morgan fingerprint density at radius 3 is 1.24 bits per heavy atom. The van der Waals surface area contributed by atoms with Crippen molar-refractivity contribution in [3.8, 4) is 0 Å². The Kier molecular flexibility index (Phi) is 16.1. The molecular weight excluding hydrogens is 737 g/mol. The summed E-state index contributed by atoms with van der Waals surface area (Å²) < 4.78 is 11.5. The Morgan fingerprint density at radius 2 is 0.944 bits per heavy atom. The van der Waals surface area contributed by atoms with Crippen molar-refractivity contribution in [2.24, 2.45) is 23.7 Å². The lowest BCUT2D eigenvalue weighted by Gasteiger charge is -2.27. The normalized spacial score (nSPS) is 28.3. The number of quaternary nitrogens is 2. The van der Waals surface area contributed by atoms with Gasteiger partial charge in [0.1, 0.15) is 33.5 Å². The van der Waals surface area contributed by atoms with Crippen LogP contribution < -0.4 is 32.7 Å². The van der Waals surface area contributed by atoms with Crippen LogP contribution in [0, 0.1) is 23.7 Å². The average molecular weight is 795 g/mol. The first-order valence-corrected chi connectivity index (χ1v) is 20.3. The highest BCUT2D eigenvalue weighted by Gasteiger charge is 2.38. The summed E-state index contributed by atoms with van der Waals surface area (Å²) in [6, 6.07) is -5.39. The molecule has 0 aliphatic carbocycles. The van der Waals surface area contributed by atoms with Crippen molar-refractivity contribution in [3.63, 3.8) is 0 Å². The molecule has 10 N–H and O–H groups in total. The maximum absolute atomic E-state index is 13.5. The van der Waals surface area contributed by atoms with Gasteiger partial charge in [-0.05, 0) is 37.5 Å². The van der Waals surface area contributed by atoms with Crippen LogP contribution in [0.2, 0.25) is 0 Å². The van der Waals surface area contributed by atoms with E-state index in [1.807, 2.05) is 41.5 Å². The first-order valence-electron chi connectivity index (χ1n) is 18.5. The Morgan fingerprint density at radius 1 is 0.611 bits per heavy atom. The summed E-state index contributed by atoms with van der Waals surface area (Å²) in [5.74, 6) is -4.62. The van der Waals surface area contributed by atoms with Gasteiger partial charge in [-0.2, -0.15) is 0 Å². The van der Waals surface area contributed by atoms with Crippen molar-refractivity contribution in [1.29, 1.82) is 0 Å². The molecule has 0 spiro atoms. The lowest BCUT2D eigenvalue weighted by molar-refractivity contribution is -0.419. The zero-order chi connectivity index (χ0) is 40.6. The molecule has 0 fully saturated rings. The number of carbonyl (C=O) groups excluding carboxylic acids is 6. The van der Waals surface area contributed by atoms with Gasteiger partial charge in [0.2, 0.25) is 12.1 Å². The zero-order valence-electron chi connectivity index (χ0n) is 32.9. The average Bonchev–Trinajstić information content (AvgIpc) is 3.82. The predicted octanol–water partition coefficient (Wildman–Crippen LogP) is 1.31. The van der Waals surface area contributed by atoms with Gasteiger partial charge in [-0.1, -0.05) is 68.2 Å². The van der Waals surface area contributed by atoms with Crippen LogP contribution in [0.3, 0.4) is 0 Å². The minimum atomic E-state index is -1.05.